The Kier molecular flexibility index (Phi) is 7.07. The van der Waals surface area contributed by atoms with E-state index in [9.17, 15) is 31.6 Å². The highest BCUT2D eigenvalue weighted by molar-refractivity contribution is 7.89. The molecule has 0 radical (unpaired) electrons. The zero-order chi connectivity index (χ0) is 26.9. The third-order valence-corrected chi connectivity index (χ3v) is 7.00. The van der Waals surface area contributed by atoms with Crippen molar-refractivity contribution in [1.29, 1.82) is 0 Å². The van der Waals surface area contributed by atoms with E-state index in [0.29, 0.717) is 11.0 Å². The molecule has 190 valence electrons. The molecule has 0 aliphatic heterocycles. The standard InChI is InChI=1S/C25H20F2N4O5S/c1-13(32)24(28)31-37(35,36)20-12-15(9-10-17(20)27)23(34)21(22(33)14-5-4-6-16(26)11-14)25-29-18-7-2-3-8-19(18)30-25/h2-12,21,24,31H,28H2,1H3,(H,29,30). The van der Waals surface area contributed by atoms with E-state index >= 15 is 0 Å². The van der Waals surface area contributed by atoms with Gasteiger partial charge in [-0.05, 0) is 49.4 Å². The summed E-state index contributed by atoms with van der Waals surface area (Å²) >= 11 is 0. The van der Waals surface area contributed by atoms with Gasteiger partial charge >= 0.3 is 0 Å². The lowest BCUT2D eigenvalue weighted by Crippen LogP contribution is -2.46. The average Bonchev–Trinajstić information content (AvgIpc) is 3.27. The number of aromatic nitrogens is 2. The van der Waals surface area contributed by atoms with Gasteiger partial charge in [0.2, 0.25) is 10.0 Å². The minimum absolute atomic E-state index is 0.0640. The number of imidazole rings is 1. The molecule has 12 heteroatoms. The van der Waals surface area contributed by atoms with Gasteiger partial charge in [-0.1, -0.05) is 24.3 Å². The fourth-order valence-corrected chi connectivity index (χ4v) is 4.86. The van der Waals surface area contributed by atoms with Gasteiger partial charge in [-0.3, -0.25) is 14.4 Å². The summed E-state index contributed by atoms with van der Waals surface area (Å²) in [6.45, 7) is 1.04. The Morgan fingerprint density at radius 3 is 2.27 bits per heavy atom. The Balaban J connectivity index is 1.82. The van der Waals surface area contributed by atoms with Crippen LogP contribution < -0.4 is 10.5 Å². The molecule has 1 heterocycles. The number of carbonyl (C=O) groups is 3. The van der Waals surface area contributed by atoms with Gasteiger partial charge in [0.25, 0.3) is 0 Å². The van der Waals surface area contributed by atoms with E-state index in [-0.39, 0.29) is 17.0 Å². The van der Waals surface area contributed by atoms with Gasteiger partial charge < -0.3 is 10.7 Å². The molecule has 3 aromatic carbocycles. The van der Waals surface area contributed by atoms with Crippen LogP contribution in [0.5, 0.6) is 0 Å². The van der Waals surface area contributed by atoms with Crippen LogP contribution in [0.1, 0.15) is 39.4 Å². The Bertz CT molecular complexity index is 1620. The van der Waals surface area contributed by atoms with E-state index in [4.69, 9.17) is 5.73 Å². The third kappa shape index (κ3) is 5.35. The summed E-state index contributed by atoms with van der Waals surface area (Å²) in [6, 6.07) is 13.9. The second-order valence-electron chi connectivity index (χ2n) is 8.17. The number of Topliss-reactive ketones (excluding diaryl/α,β-unsaturated/α-hetero) is 3. The maximum atomic E-state index is 14.5. The maximum Gasteiger partial charge on any atom is 0.245 e. The number of fused-ring (bicyclic) bond motifs is 1. The number of aromatic amines is 1. The number of nitrogens with one attached hydrogen (secondary N) is 2. The molecule has 2 atom stereocenters. The van der Waals surface area contributed by atoms with E-state index in [0.717, 1.165) is 37.3 Å². The van der Waals surface area contributed by atoms with E-state index in [1.54, 1.807) is 24.3 Å². The third-order valence-electron chi connectivity index (χ3n) is 5.54. The van der Waals surface area contributed by atoms with E-state index < -0.39 is 56.0 Å². The number of rotatable bonds is 9. The van der Waals surface area contributed by atoms with Crippen LogP contribution in [0, 0.1) is 11.6 Å². The normalized spacial score (nSPS) is 13.3. The van der Waals surface area contributed by atoms with Crippen molar-refractivity contribution in [2.75, 3.05) is 0 Å². The first-order valence-electron chi connectivity index (χ1n) is 10.8. The fraction of sp³-hybridized carbons (Fsp3) is 0.120. The fourth-order valence-electron chi connectivity index (χ4n) is 3.63. The number of benzene rings is 3. The van der Waals surface area contributed by atoms with Gasteiger partial charge in [0.15, 0.2) is 17.3 Å². The minimum atomic E-state index is -4.66. The second kappa shape index (κ2) is 10.1. The van der Waals surface area contributed by atoms with E-state index in [1.807, 2.05) is 4.72 Å². The van der Waals surface area contributed by atoms with Crippen LogP contribution in [0.15, 0.2) is 71.6 Å². The molecular formula is C25H20F2N4O5S. The summed E-state index contributed by atoms with van der Waals surface area (Å²) in [5.41, 5.74) is 5.96. The molecule has 37 heavy (non-hydrogen) atoms. The Morgan fingerprint density at radius 2 is 1.62 bits per heavy atom. The molecule has 0 bridgehead atoms. The predicted molar refractivity (Wildman–Crippen MR) is 129 cm³/mol. The predicted octanol–water partition coefficient (Wildman–Crippen LogP) is 2.84. The Hall–Kier alpha value is -4.13. The highest BCUT2D eigenvalue weighted by Crippen LogP contribution is 2.28. The smallest absolute Gasteiger partial charge is 0.245 e. The molecule has 1 aromatic heterocycles. The van der Waals surface area contributed by atoms with E-state index in [1.165, 1.54) is 12.1 Å². The quantitative estimate of drug-likeness (QED) is 0.172. The average molecular weight is 527 g/mol. The molecule has 4 N–H and O–H groups in total. The number of ketones is 3. The number of nitrogens with two attached hydrogens (primary N) is 1. The van der Waals surface area contributed by atoms with Crippen LogP contribution in [-0.4, -0.2) is 41.9 Å². The summed E-state index contributed by atoms with van der Waals surface area (Å²) in [4.78, 5) is 44.8. The molecule has 9 nitrogen and oxygen atoms in total. The van der Waals surface area contributed by atoms with Gasteiger partial charge in [0, 0.05) is 11.1 Å². The van der Waals surface area contributed by atoms with Crippen molar-refractivity contribution in [3.05, 3.63) is 95.3 Å². The van der Waals surface area contributed by atoms with Crippen molar-refractivity contribution in [2.24, 2.45) is 5.73 Å². The van der Waals surface area contributed by atoms with Crippen LogP contribution >= 0.6 is 0 Å². The van der Waals surface area contributed by atoms with Crippen LogP contribution in [0.3, 0.4) is 0 Å². The maximum absolute atomic E-state index is 14.5. The first-order valence-corrected chi connectivity index (χ1v) is 12.3. The Morgan fingerprint density at radius 1 is 0.946 bits per heavy atom. The Labute approximate surface area is 209 Å². The van der Waals surface area contributed by atoms with E-state index in [2.05, 4.69) is 9.97 Å². The van der Waals surface area contributed by atoms with Gasteiger partial charge in [0.05, 0.1) is 11.0 Å². The van der Waals surface area contributed by atoms with Crippen molar-refractivity contribution >= 4 is 38.4 Å². The molecule has 4 aromatic rings. The molecule has 0 saturated heterocycles. The van der Waals surface area contributed by atoms with Crippen molar-refractivity contribution in [1.82, 2.24) is 14.7 Å². The van der Waals surface area contributed by atoms with Gasteiger partial charge in [-0.25, -0.2) is 22.2 Å². The van der Waals surface area contributed by atoms with Crippen molar-refractivity contribution < 1.29 is 31.6 Å². The topological polar surface area (TPSA) is 152 Å². The van der Waals surface area contributed by atoms with Gasteiger partial charge in [-0.15, -0.1) is 0 Å². The number of hydrogen-bond acceptors (Lipinski definition) is 7. The van der Waals surface area contributed by atoms with Crippen molar-refractivity contribution in [3.8, 4) is 0 Å². The molecule has 0 spiro atoms. The largest absolute Gasteiger partial charge is 0.341 e. The first-order chi connectivity index (χ1) is 17.5. The lowest BCUT2D eigenvalue weighted by Gasteiger charge is -2.15. The second-order valence-corrected chi connectivity index (χ2v) is 9.85. The number of H-pyrrole nitrogens is 1. The number of hydrogen-bond donors (Lipinski definition) is 3. The highest BCUT2D eigenvalue weighted by atomic mass is 32.2. The first kappa shape index (κ1) is 25.9. The monoisotopic (exact) mass is 526 g/mol. The van der Waals surface area contributed by atoms with Crippen LogP contribution in [0.25, 0.3) is 11.0 Å². The number of sulfonamides is 1. The molecule has 0 fully saturated rings. The molecule has 0 aliphatic rings. The number of para-hydroxylation sites is 2. The summed E-state index contributed by atoms with van der Waals surface area (Å²) < 4.78 is 55.6. The summed E-state index contributed by atoms with van der Waals surface area (Å²) in [7, 11) is -4.66. The minimum Gasteiger partial charge on any atom is -0.341 e. The molecule has 0 amide bonds. The molecule has 0 saturated carbocycles. The van der Waals surface area contributed by atoms with Gasteiger partial charge in [-0.2, -0.15) is 4.72 Å². The van der Waals surface area contributed by atoms with Crippen LogP contribution in [0.2, 0.25) is 0 Å². The SMILES string of the molecule is CC(=O)C(N)NS(=O)(=O)c1cc(C(=O)C(C(=O)c2cccc(F)c2)c2nc3ccccc3[nH]2)ccc1F. The number of halogens is 2. The van der Waals surface area contributed by atoms with Crippen molar-refractivity contribution in [2.45, 2.75) is 23.9 Å². The number of carbonyl (C=O) groups excluding carboxylic acids is 3. The lowest BCUT2D eigenvalue weighted by molar-refractivity contribution is -0.118. The highest BCUT2D eigenvalue weighted by Gasteiger charge is 2.34. The van der Waals surface area contributed by atoms with Crippen LogP contribution in [-0.2, 0) is 14.8 Å². The molecule has 2 unspecified atom stereocenters. The summed E-state index contributed by atoms with van der Waals surface area (Å²) in [5, 5.41) is 0. The summed E-state index contributed by atoms with van der Waals surface area (Å²) in [5.74, 6) is -6.06. The lowest BCUT2D eigenvalue weighted by atomic mass is 9.89. The van der Waals surface area contributed by atoms with Gasteiger partial charge in [0.1, 0.15) is 34.4 Å². The number of nitrogens with zero attached hydrogens (tertiary/aromatic N) is 1. The zero-order valence-corrected chi connectivity index (χ0v) is 20.1. The summed E-state index contributed by atoms with van der Waals surface area (Å²) in [6.07, 6.45) is -1.64. The van der Waals surface area contributed by atoms with Crippen LogP contribution in [0.4, 0.5) is 8.78 Å². The van der Waals surface area contributed by atoms with Crippen molar-refractivity contribution in [3.63, 3.8) is 0 Å². The molecular weight excluding hydrogens is 506 g/mol. The molecule has 0 aliphatic carbocycles. The molecule has 4 rings (SSSR count). The zero-order valence-electron chi connectivity index (χ0n) is 19.2.